The fourth-order valence-corrected chi connectivity index (χ4v) is 1.75. The molecule has 84 valence electrons. The number of aromatic nitrogens is 2. The zero-order valence-electron chi connectivity index (χ0n) is 8.45. The number of rotatable bonds is 2. The molecule has 1 aromatic carbocycles. The van der Waals surface area contributed by atoms with Gasteiger partial charge in [0.2, 0.25) is 11.7 Å². The summed E-state index contributed by atoms with van der Waals surface area (Å²) in [6.45, 7) is 1.77. The molecule has 2 aromatic rings. The van der Waals surface area contributed by atoms with E-state index in [0.717, 1.165) is 0 Å². The quantitative estimate of drug-likeness (QED) is 0.898. The summed E-state index contributed by atoms with van der Waals surface area (Å²) in [5.41, 5.74) is 6.32. The minimum atomic E-state index is -0.295. The number of hydrogen-bond acceptors (Lipinski definition) is 4. The van der Waals surface area contributed by atoms with E-state index in [9.17, 15) is 0 Å². The van der Waals surface area contributed by atoms with Crippen molar-refractivity contribution in [2.75, 3.05) is 0 Å². The molecule has 0 saturated heterocycles. The number of nitrogens with two attached hydrogens (primary N) is 1. The largest absolute Gasteiger partial charge is 0.337 e. The maximum Gasteiger partial charge on any atom is 0.243 e. The average Bonchev–Trinajstić information content (AvgIpc) is 2.64. The molecule has 2 N–H and O–H groups in total. The molecule has 0 aliphatic carbocycles. The molecular formula is C10H9Cl2N3O. The highest BCUT2D eigenvalue weighted by Crippen LogP contribution is 2.25. The van der Waals surface area contributed by atoms with Crippen LogP contribution < -0.4 is 5.73 Å². The summed E-state index contributed by atoms with van der Waals surface area (Å²) in [4.78, 5) is 4.14. The maximum atomic E-state index is 5.87. The topological polar surface area (TPSA) is 64.9 Å². The van der Waals surface area contributed by atoms with Gasteiger partial charge in [0, 0.05) is 15.6 Å². The Balaban J connectivity index is 2.42. The summed E-state index contributed by atoms with van der Waals surface area (Å²) in [5, 5.41) is 4.85. The molecule has 1 aromatic heterocycles. The summed E-state index contributed by atoms with van der Waals surface area (Å²) in [6.07, 6.45) is 0. The Kier molecular flexibility index (Phi) is 3.14. The summed E-state index contributed by atoms with van der Waals surface area (Å²) in [7, 11) is 0. The third-order valence-corrected chi connectivity index (χ3v) is 2.39. The molecule has 0 bridgehead atoms. The van der Waals surface area contributed by atoms with Gasteiger partial charge in [-0.15, -0.1) is 0 Å². The fourth-order valence-electron chi connectivity index (χ4n) is 1.22. The van der Waals surface area contributed by atoms with E-state index in [-0.39, 0.29) is 6.04 Å². The lowest BCUT2D eigenvalue weighted by molar-refractivity contribution is 0.362. The first kappa shape index (κ1) is 11.4. The molecule has 0 spiro atoms. The van der Waals surface area contributed by atoms with Gasteiger partial charge in [-0.3, -0.25) is 0 Å². The molecule has 0 saturated carbocycles. The number of halogens is 2. The Morgan fingerprint density at radius 3 is 2.38 bits per heavy atom. The second-order valence-electron chi connectivity index (χ2n) is 3.40. The van der Waals surface area contributed by atoms with Gasteiger partial charge in [-0.25, -0.2) is 0 Å². The van der Waals surface area contributed by atoms with Gasteiger partial charge in [0.25, 0.3) is 0 Å². The van der Waals surface area contributed by atoms with Crippen molar-refractivity contribution in [1.82, 2.24) is 10.1 Å². The lowest BCUT2D eigenvalue weighted by atomic mass is 10.2. The summed E-state index contributed by atoms with van der Waals surface area (Å²) < 4.78 is 4.99. The third kappa shape index (κ3) is 2.35. The van der Waals surface area contributed by atoms with Crippen LogP contribution in [0.2, 0.25) is 10.0 Å². The van der Waals surface area contributed by atoms with Gasteiger partial charge in [0.1, 0.15) is 0 Å². The van der Waals surface area contributed by atoms with Crippen LogP contribution in [0.5, 0.6) is 0 Å². The summed E-state index contributed by atoms with van der Waals surface area (Å²) >= 11 is 11.7. The summed E-state index contributed by atoms with van der Waals surface area (Å²) in [5.74, 6) is 0.808. The van der Waals surface area contributed by atoms with Crippen molar-refractivity contribution in [2.24, 2.45) is 5.73 Å². The van der Waals surface area contributed by atoms with Crippen molar-refractivity contribution in [3.05, 3.63) is 34.1 Å². The average molecular weight is 258 g/mol. The fraction of sp³-hybridized carbons (Fsp3) is 0.200. The standard InChI is InChI=1S/C10H9Cl2N3O/c1-5(13)10-14-9(15-16-10)6-2-7(11)4-8(12)3-6/h2-5H,13H2,1H3/t5-/m1/s1. The van der Waals surface area contributed by atoms with E-state index in [1.54, 1.807) is 25.1 Å². The van der Waals surface area contributed by atoms with Crippen LogP contribution in [0.3, 0.4) is 0 Å². The Bertz CT molecular complexity index is 490. The zero-order valence-corrected chi connectivity index (χ0v) is 9.96. The number of nitrogens with zero attached hydrogens (tertiary/aromatic N) is 2. The van der Waals surface area contributed by atoms with Crippen LogP contribution in [-0.2, 0) is 0 Å². The molecule has 16 heavy (non-hydrogen) atoms. The van der Waals surface area contributed by atoms with Gasteiger partial charge < -0.3 is 10.3 Å². The molecule has 0 aliphatic heterocycles. The molecule has 2 rings (SSSR count). The highest BCUT2D eigenvalue weighted by molar-refractivity contribution is 6.35. The van der Waals surface area contributed by atoms with E-state index in [2.05, 4.69) is 10.1 Å². The van der Waals surface area contributed by atoms with Crippen LogP contribution in [0.1, 0.15) is 18.9 Å². The van der Waals surface area contributed by atoms with Crippen molar-refractivity contribution in [1.29, 1.82) is 0 Å². The minimum absolute atomic E-state index is 0.295. The predicted molar refractivity (Wildman–Crippen MR) is 62.4 cm³/mol. The first-order valence-electron chi connectivity index (χ1n) is 4.62. The Hall–Kier alpha value is -1.10. The zero-order chi connectivity index (χ0) is 11.7. The van der Waals surface area contributed by atoms with Gasteiger partial charge in [-0.2, -0.15) is 4.98 Å². The van der Waals surface area contributed by atoms with Gasteiger partial charge in [0.05, 0.1) is 6.04 Å². The van der Waals surface area contributed by atoms with Crippen molar-refractivity contribution < 1.29 is 4.52 Å². The summed E-state index contributed by atoms with van der Waals surface area (Å²) in [6, 6.07) is 4.77. The number of hydrogen-bond donors (Lipinski definition) is 1. The lowest BCUT2D eigenvalue weighted by Crippen LogP contribution is -2.04. The second-order valence-corrected chi connectivity index (χ2v) is 4.28. The van der Waals surface area contributed by atoms with Gasteiger partial charge in [0.15, 0.2) is 0 Å². The molecule has 0 unspecified atom stereocenters. The van der Waals surface area contributed by atoms with E-state index in [4.69, 9.17) is 33.5 Å². The van der Waals surface area contributed by atoms with Crippen molar-refractivity contribution in [2.45, 2.75) is 13.0 Å². The van der Waals surface area contributed by atoms with E-state index in [1.807, 2.05) is 0 Å². The Morgan fingerprint density at radius 1 is 1.25 bits per heavy atom. The molecule has 6 heteroatoms. The van der Waals surface area contributed by atoms with Crippen molar-refractivity contribution in [3.8, 4) is 11.4 Å². The predicted octanol–water partition coefficient (Wildman–Crippen LogP) is 3.06. The molecule has 4 nitrogen and oxygen atoms in total. The van der Waals surface area contributed by atoms with Gasteiger partial charge >= 0.3 is 0 Å². The van der Waals surface area contributed by atoms with E-state index in [1.165, 1.54) is 0 Å². The smallest absolute Gasteiger partial charge is 0.243 e. The highest BCUT2D eigenvalue weighted by Gasteiger charge is 2.12. The van der Waals surface area contributed by atoms with Crippen molar-refractivity contribution >= 4 is 23.2 Å². The molecule has 1 atom stereocenters. The van der Waals surface area contributed by atoms with E-state index >= 15 is 0 Å². The van der Waals surface area contributed by atoms with Gasteiger partial charge in [-0.05, 0) is 25.1 Å². The molecular weight excluding hydrogens is 249 g/mol. The Morgan fingerprint density at radius 2 is 1.88 bits per heavy atom. The lowest BCUT2D eigenvalue weighted by Gasteiger charge is -1.97. The van der Waals surface area contributed by atoms with Crippen LogP contribution in [-0.4, -0.2) is 10.1 Å². The molecule has 0 radical (unpaired) electrons. The molecule has 1 heterocycles. The molecule has 0 aliphatic rings. The van der Waals surface area contributed by atoms with Crippen LogP contribution in [0.25, 0.3) is 11.4 Å². The van der Waals surface area contributed by atoms with Crippen LogP contribution in [0, 0.1) is 0 Å². The van der Waals surface area contributed by atoms with Gasteiger partial charge in [-0.1, -0.05) is 28.4 Å². The van der Waals surface area contributed by atoms with Crippen LogP contribution in [0.4, 0.5) is 0 Å². The second kappa shape index (κ2) is 4.41. The monoisotopic (exact) mass is 257 g/mol. The Labute approximate surface area is 102 Å². The number of benzene rings is 1. The molecule has 0 fully saturated rings. The van der Waals surface area contributed by atoms with E-state index < -0.39 is 0 Å². The highest BCUT2D eigenvalue weighted by atomic mass is 35.5. The van der Waals surface area contributed by atoms with Crippen molar-refractivity contribution in [3.63, 3.8) is 0 Å². The molecule has 0 amide bonds. The SMILES string of the molecule is C[C@@H](N)c1nc(-c2cc(Cl)cc(Cl)c2)no1. The first-order chi connectivity index (χ1) is 7.56. The minimum Gasteiger partial charge on any atom is -0.337 e. The third-order valence-electron chi connectivity index (χ3n) is 1.95. The van der Waals surface area contributed by atoms with Crippen LogP contribution >= 0.6 is 23.2 Å². The maximum absolute atomic E-state index is 5.87. The van der Waals surface area contributed by atoms with E-state index in [0.29, 0.717) is 27.3 Å². The normalized spacial score (nSPS) is 12.8. The van der Waals surface area contributed by atoms with Crippen LogP contribution in [0.15, 0.2) is 22.7 Å². The first-order valence-corrected chi connectivity index (χ1v) is 5.37.